The molecule has 0 amide bonds. The third-order valence-corrected chi connectivity index (χ3v) is 7.31. The first-order valence-corrected chi connectivity index (χ1v) is 11.9. The Bertz CT molecular complexity index is 2210. The summed E-state index contributed by atoms with van der Waals surface area (Å²) >= 11 is 0. The van der Waals surface area contributed by atoms with E-state index in [1.165, 1.54) is 0 Å². The lowest BCUT2D eigenvalue weighted by atomic mass is 10.1. The molecule has 36 heavy (non-hydrogen) atoms. The van der Waals surface area contributed by atoms with Gasteiger partial charge in [-0.3, -0.25) is 18.8 Å². The van der Waals surface area contributed by atoms with E-state index in [-0.39, 0.29) is 0 Å². The second-order valence-electron chi connectivity index (χ2n) is 9.24. The van der Waals surface area contributed by atoms with Crippen LogP contribution < -0.4 is 0 Å². The highest BCUT2D eigenvalue weighted by Crippen LogP contribution is 2.35. The minimum Gasteiger partial charge on any atom is -0.288 e. The van der Waals surface area contributed by atoms with Crippen molar-refractivity contribution >= 4 is 77.0 Å². The van der Waals surface area contributed by atoms with Crippen LogP contribution in [0.3, 0.4) is 0 Å². The molecule has 3 aromatic carbocycles. The first-order valence-electron chi connectivity index (χ1n) is 11.9. The number of benzene rings is 3. The van der Waals surface area contributed by atoms with Gasteiger partial charge in [-0.1, -0.05) is 36.4 Å². The van der Waals surface area contributed by atoms with Crippen molar-refractivity contribution in [2.75, 3.05) is 0 Å². The Morgan fingerprint density at radius 1 is 0.417 bits per heavy atom. The van der Waals surface area contributed by atoms with E-state index in [2.05, 4.69) is 81.6 Å². The summed E-state index contributed by atoms with van der Waals surface area (Å²) in [5, 5.41) is 4.45. The van der Waals surface area contributed by atoms with E-state index in [0.717, 1.165) is 77.0 Å². The lowest BCUT2D eigenvalue weighted by molar-refractivity contribution is 1.27. The maximum atomic E-state index is 5.03. The van der Waals surface area contributed by atoms with Gasteiger partial charge in [-0.05, 0) is 48.5 Å². The molecule has 0 aliphatic carbocycles. The number of imidazole rings is 2. The SMILES string of the molecule is c1cnc2c(c1)ccc1ccc3nc4ccc5nc6ccc7ccc8cccnc8c7n6c5c4n3c12. The van der Waals surface area contributed by atoms with Gasteiger partial charge in [-0.15, -0.1) is 0 Å². The van der Waals surface area contributed by atoms with Gasteiger partial charge in [0, 0.05) is 33.9 Å². The highest BCUT2D eigenvalue weighted by atomic mass is 15.1. The first-order chi connectivity index (χ1) is 17.8. The predicted molar refractivity (Wildman–Crippen MR) is 145 cm³/mol. The van der Waals surface area contributed by atoms with Gasteiger partial charge in [0.15, 0.2) is 0 Å². The van der Waals surface area contributed by atoms with Gasteiger partial charge in [0.2, 0.25) is 0 Å². The molecule has 6 nitrogen and oxygen atoms in total. The zero-order valence-corrected chi connectivity index (χ0v) is 18.9. The molecule has 6 heteroatoms. The van der Waals surface area contributed by atoms with Gasteiger partial charge >= 0.3 is 0 Å². The van der Waals surface area contributed by atoms with Gasteiger partial charge < -0.3 is 0 Å². The zero-order chi connectivity index (χ0) is 23.4. The van der Waals surface area contributed by atoms with Crippen molar-refractivity contribution in [2.24, 2.45) is 0 Å². The molecule has 9 rings (SSSR count). The Kier molecular flexibility index (Phi) is 3.20. The van der Waals surface area contributed by atoms with Crippen molar-refractivity contribution < 1.29 is 0 Å². The summed E-state index contributed by atoms with van der Waals surface area (Å²) in [6.45, 7) is 0. The van der Waals surface area contributed by atoms with Crippen molar-refractivity contribution in [3.63, 3.8) is 0 Å². The number of rotatable bonds is 0. The van der Waals surface area contributed by atoms with Gasteiger partial charge in [0.05, 0.1) is 44.1 Å². The van der Waals surface area contributed by atoms with Crippen LogP contribution in [-0.4, -0.2) is 28.7 Å². The minimum atomic E-state index is 0.890. The summed E-state index contributed by atoms with van der Waals surface area (Å²) in [6.07, 6.45) is 3.71. The van der Waals surface area contributed by atoms with Crippen LogP contribution in [0.5, 0.6) is 0 Å². The molecule has 0 bridgehead atoms. The predicted octanol–water partition coefficient (Wildman–Crippen LogP) is 6.69. The average molecular weight is 461 g/mol. The summed E-state index contributed by atoms with van der Waals surface area (Å²) in [5.41, 5.74) is 9.72. The Hall–Kier alpha value is -5.10. The number of aromatic nitrogens is 6. The van der Waals surface area contributed by atoms with Crippen LogP contribution in [0, 0.1) is 0 Å². The molecule has 0 aliphatic heterocycles. The largest absolute Gasteiger partial charge is 0.288 e. The van der Waals surface area contributed by atoms with E-state index >= 15 is 0 Å². The normalized spacial score (nSPS) is 12.4. The van der Waals surface area contributed by atoms with E-state index in [4.69, 9.17) is 19.9 Å². The lowest BCUT2D eigenvalue weighted by Crippen LogP contribution is -1.95. The Balaban J connectivity index is 1.64. The Morgan fingerprint density at radius 2 is 0.861 bits per heavy atom. The number of hydrogen-bond acceptors (Lipinski definition) is 4. The maximum Gasteiger partial charge on any atom is 0.138 e. The van der Waals surface area contributed by atoms with Gasteiger partial charge in [0.25, 0.3) is 0 Å². The molecule has 0 unspecified atom stereocenters. The molecule has 0 saturated carbocycles. The fraction of sp³-hybridized carbons (Fsp3) is 0. The molecule has 9 aromatic rings. The highest BCUT2D eigenvalue weighted by Gasteiger charge is 2.19. The second-order valence-corrected chi connectivity index (χ2v) is 9.24. The van der Waals surface area contributed by atoms with Gasteiger partial charge in [0.1, 0.15) is 11.3 Å². The van der Waals surface area contributed by atoms with Crippen LogP contribution >= 0.6 is 0 Å². The summed E-state index contributed by atoms with van der Waals surface area (Å²) in [6, 6.07) is 29.3. The van der Waals surface area contributed by atoms with Crippen LogP contribution in [0.2, 0.25) is 0 Å². The standard InChI is InChI=1S/C30H16N6/c1-3-17-5-7-19-9-13-23-33-21-11-12-22-30(29(21)35(23)27(19)25(17)31-15-1)36-24(34-22)14-10-20-8-6-18-4-2-16-32-26(18)28(20)36/h1-16H. The van der Waals surface area contributed by atoms with Crippen LogP contribution in [0.1, 0.15) is 0 Å². The third-order valence-electron chi connectivity index (χ3n) is 7.31. The molecule has 0 fully saturated rings. The van der Waals surface area contributed by atoms with E-state index < -0.39 is 0 Å². The van der Waals surface area contributed by atoms with E-state index in [1.54, 1.807) is 0 Å². The van der Waals surface area contributed by atoms with Crippen LogP contribution in [0.15, 0.2) is 97.3 Å². The van der Waals surface area contributed by atoms with Crippen molar-refractivity contribution in [3.05, 3.63) is 97.3 Å². The highest BCUT2D eigenvalue weighted by molar-refractivity contribution is 6.13. The summed E-state index contributed by atoms with van der Waals surface area (Å²) in [7, 11) is 0. The third kappa shape index (κ3) is 2.17. The van der Waals surface area contributed by atoms with Crippen LogP contribution in [-0.2, 0) is 0 Å². The molecular formula is C30H16N6. The lowest BCUT2D eigenvalue weighted by Gasteiger charge is -2.09. The number of hydrogen-bond donors (Lipinski definition) is 0. The molecule has 0 radical (unpaired) electrons. The summed E-state index contributed by atoms with van der Waals surface area (Å²) < 4.78 is 4.52. The smallest absolute Gasteiger partial charge is 0.138 e. The van der Waals surface area contributed by atoms with E-state index in [9.17, 15) is 0 Å². The molecule has 6 aromatic heterocycles. The van der Waals surface area contributed by atoms with Crippen molar-refractivity contribution in [2.45, 2.75) is 0 Å². The van der Waals surface area contributed by atoms with Crippen LogP contribution in [0.25, 0.3) is 77.0 Å². The molecule has 0 atom stereocenters. The van der Waals surface area contributed by atoms with Gasteiger partial charge in [-0.25, -0.2) is 9.97 Å². The molecule has 0 aliphatic rings. The number of nitrogens with zero attached hydrogens (tertiary/aromatic N) is 6. The first kappa shape index (κ1) is 18.3. The quantitative estimate of drug-likeness (QED) is 0.237. The average Bonchev–Trinajstić information content (AvgIpc) is 3.50. The second kappa shape index (κ2) is 6.31. The molecular weight excluding hydrogens is 444 g/mol. The van der Waals surface area contributed by atoms with Crippen molar-refractivity contribution in [1.29, 1.82) is 0 Å². The monoisotopic (exact) mass is 460 g/mol. The number of pyridine rings is 4. The van der Waals surface area contributed by atoms with Crippen molar-refractivity contribution in [1.82, 2.24) is 28.7 Å². The molecule has 0 N–H and O–H groups in total. The fourth-order valence-corrected chi connectivity index (χ4v) is 5.79. The van der Waals surface area contributed by atoms with Crippen molar-refractivity contribution in [3.8, 4) is 0 Å². The molecule has 166 valence electrons. The Morgan fingerprint density at radius 3 is 1.36 bits per heavy atom. The topological polar surface area (TPSA) is 60.4 Å². The van der Waals surface area contributed by atoms with E-state index in [0.29, 0.717) is 0 Å². The van der Waals surface area contributed by atoms with Crippen LogP contribution in [0.4, 0.5) is 0 Å². The minimum absolute atomic E-state index is 0.890. The fourth-order valence-electron chi connectivity index (χ4n) is 5.79. The summed E-state index contributed by atoms with van der Waals surface area (Å²) in [4.78, 5) is 19.6. The van der Waals surface area contributed by atoms with Gasteiger partial charge in [-0.2, -0.15) is 0 Å². The summed E-state index contributed by atoms with van der Waals surface area (Å²) in [5.74, 6) is 0. The molecule has 0 spiro atoms. The molecule has 6 heterocycles. The molecule has 0 saturated heterocycles. The Labute approximate surface area is 203 Å². The van der Waals surface area contributed by atoms with E-state index in [1.807, 2.05) is 24.5 Å². The maximum absolute atomic E-state index is 5.03. The number of fused-ring (bicyclic) bond motifs is 15. The zero-order valence-electron chi connectivity index (χ0n) is 18.9.